The lowest BCUT2D eigenvalue weighted by Crippen LogP contribution is -2.33. The zero-order chi connectivity index (χ0) is 15.9. The van der Waals surface area contributed by atoms with Gasteiger partial charge in [0.25, 0.3) is 0 Å². The maximum absolute atomic E-state index is 10.2. The molecule has 3 heterocycles. The highest BCUT2D eigenvalue weighted by Crippen LogP contribution is 2.34. The van der Waals surface area contributed by atoms with E-state index in [1.807, 2.05) is 12.5 Å². The first-order valence-corrected chi connectivity index (χ1v) is 9.00. The summed E-state index contributed by atoms with van der Waals surface area (Å²) in [6.45, 7) is -0.371. The number of hydrogen-bond acceptors (Lipinski definition) is 9. The number of aliphatic hydroxyl groups is 3. The van der Waals surface area contributed by atoms with Crippen LogP contribution in [0.1, 0.15) is 6.23 Å². The molecule has 8 nitrogen and oxygen atoms in total. The first-order chi connectivity index (χ1) is 10.6. The number of nitrogens with zero attached hydrogens (tertiary/aromatic N) is 4. The van der Waals surface area contributed by atoms with Crippen molar-refractivity contribution < 1.29 is 20.1 Å². The number of aromatic nitrogens is 4. The lowest BCUT2D eigenvalue weighted by atomic mass is 10.1. The molecular weight excluding hydrogens is 328 g/mol. The van der Waals surface area contributed by atoms with E-state index in [4.69, 9.17) is 4.74 Å². The summed E-state index contributed by atoms with van der Waals surface area (Å²) in [4.78, 5) is 13.0. The van der Waals surface area contributed by atoms with Gasteiger partial charge in [-0.1, -0.05) is 11.8 Å². The van der Waals surface area contributed by atoms with Crippen molar-refractivity contribution in [3.8, 4) is 0 Å². The van der Waals surface area contributed by atoms with Gasteiger partial charge in [0.05, 0.1) is 12.9 Å². The van der Waals surface area contributed by atoms with E-state index in [-0.39, 0.29) is 6.61 Å². The molecule has 120 valence electrons. The summed E-state index contributed by atoms with van der Waals surface area (Å²) < 4.78 is 7.15. The van der Waals surface area contributed by atoms with Gasteiger partial charge in [-0.2, -0.15) is 0 Å². The second kappa shape index (κ2) is 6.30. The molecule has 1 saturated heterocycles. The second-order valence-corrected chi connectivity index (χ2v) is 6.34. The van der Waals surface area contributed by atoms with Crippen LogP contribution < -0.4 is 0 Å². The van der Waals surface area contributed by atoms with Gasteiger partial charge >= 0.3 is 0 Å². The Labute approximate surface area is 134 Å². The average Bonchev–Trinajstić information content (AvgIpc) is 3.08. The molecule has 10 heteroatoms. The first-order valence-electron chi connectivity index (χ1n) is 6.55. The van der Waals surface area contributed by atoms with Crippen LogP contribution in [0.25, 0.3) is 11.2 Å². The molecule has 3 N–H and O–H groups in total. The Hall–Kier alpha value is -0.910. The van der Waals surface area contributed by atoms with E-state index in [0.717, 1.165) is 0 Å². The lowest BCUT2D eigenvalue weighted by Gasteiger charge is -2.17. The summed E-state index contributed by atoms with van der Waals surface area (Å²) in [5.41, 5.74) is 1.14. The van der Waals surface area contributed by atoms with Gasteiger partial charge in [0.2, 0.25) is 0 Å². The van der Waals surface area contributed by atoms with Crippen LogP contribution in [0.15, 0.2) is 16.5 Å². The van der Waals surface area contributed by atoms with E-state index in [9.17, 15) is 15.3 Å². The van der Waals surface area contributed by atoms with E-state index in [1.54, 1.807) is 4.57 Å². The first kappa shape index (κ1) is 16.0. The van der Waals surface area contributed by atoms with Crippen molar-refractivity contribution in [2.24, 2.45) is 0 Å². The number of thioether (sulfide) groups is 2. The normalized spacial score (nSPS) is 28.6. The van der Waals surface area contributed by atoms with Gasteiger partial charge < -0.3 is 20.1 Å². The topological polar surface area (TPSA) is 114 Å². The number of hydrogen-bond donors (Lipinski definition) is 3. The van der Waals surface area contributed by atoms with Gasteiger partial charge in [0.15, 0.2) is 17.0 Å². The van der Waals surface area contributed by atoms with Gasteiger partial charge in [-0.25, -0.2) is 15.0 Å². The summed E-state index contributed by atoms with van der Waals surface area (Å²) in [7, 11) is 0. The Morgan fingerprint density at radius 2 is 2.00 bits per heavy atom. The predicted molar refractivity (Wildman–Crippen MR) is 81.9 cm³/mol. The number of aliphatic hydroxyl groups excluding tert-OH is 3. The summed E-state index contributed by atoms with van der Waals surface area (Å²) in [6.07, 6.45) is 1.28. The van der Waals surface area contributed by atoms with Crippen LogP contribution in [0, 0.1) is 0 Å². The van der Waals surface area contributed by atoms with Crippen molar-refractivity contribution in [1.29, 1.82) is 0 Å². The quantitative estimate of drug-likeness (QED) is 0.397. The molecule has 1 fully saturated rings. The predicted octanol–water partition coefficient (Wildman–Crippen LogP) is -0.118. The smallest absolute Gasteiger partial charge is 0.190 e. The summed E-state index contributed by atoms with van der Waals surface area (Å²) in [5, 5.41) is 30.6. The fraction of sp³-hybridized carbons (Fsp3) is 0.583. The van der Waals surface area contributed by atoms with E-state index in [2.05, 4.69) is 15.0 Å². The van der Waals surface area contributed by atoms with E-state index in [0.29, 0.717) is 21.3 Å². The molecule has 2 aromatic heterocycles. The third-order valence-corrected chi connectivity index (χ3v) is 4.76. The molecule has 0 saturated carbocycles. The molecule has 4 atom stereocenters. The minimum atomic E-state index is -1.16. The summed E-state index contributed by atoms with van der Waals surface area (Å²) in [5.74, 6) is 0. The molecule has 2 aromatic rings. The molecule has 0 bridgehead atoms. The second-order valence-electron chi connectivity index (χ2n) is 4.77. The van der Waals surface area contributed by atoms with Crippen LogP contribution in [0.3, 0.4) is 0 Å². The van der Waals surface area contributed by atoms with Crippen molar-refractivity contribution in [3.05, 3.63) is 6.33 Å². The van der Waals surface area contributed by atoms with Crippen LogP contribution in [-0.2, 0) is 4.74 Å². The van der Waals surface area contributed by atoms with Crippen molar-refractivity contribution in [1.82, 2.24) is 19.5 Å². The van der Waals surface area contributed by atoms with E-state index >= 15 is 0 Å². The van der Waals surface area contributed by atoms with E-state index < -0.39 is 24.5 Å². The largest absolute Gasteiger partial charge is 0.394 e. The molecule has 1 aliphatic rings. The number of rotatable bonds is 4. The molecule has 0 aliphatic carbocycles. The average molecular weight is 344 g/mol. The molecule has 22 heavy (non-hydrogen) atoms. The minimum Gasteiger partial charge on any atom is -0.394 e. The SMILES string of the molecule is CSc1nc(SC)c2c(ncn2C2OC(CO)C(O)C2O)n1. The zero-order valence-electron chi connectivity index (χ0n) is 11.9. The number of imidazole rings is 1. The Morgan fingerprint density at radius 3 is 2.59 bits per heavy atom. The standard InChI is InChI=1S/C12H16N4O4S2/c1-21-10-6-9(14-12(15-10)22-2)13-4-16(6)11-8(19)7(18)5(3-17)20-11/h4-5,7-8,11,17-19H,3H2,1-2H3. The monoisotopic (exact) mass is 344 g/mol. The third-order valence-electron chi connectivity index (χ3n) is 3.54. The van der Waals surface area contributed by atoms with Crippen LogP contribution in [-0.4, -0.2) is 72.3 Å². The van der Waals surface area contributed by atoms with Gasteiger partial charge in [-0.3, -0.25) is 4.57 Å². The molecule has 0 amide bonds. The summed E-state index contributed by atoms with van der Waals surface area (Å²) in [6, 6.07) is 0. The maximum atomic E-state index is 10.2. The van der Waals surface area contributed by atoms with Crippen molar-refractivity contribution >= 4 is 34.7 Å². The van der Waals surface area contributed by atoms with E-state index in [1.165, 1.54) is 29.9 Å². The Bertz CT molecular complexity index is 682. The van der Waals surface area contributed by atoms with Gasteiger partial charge in [-0.15, -0.1) is 11.8 Å². The fourth-order valence-corrected chi connectivity index (χ4v) is 3.42. The minimum absolute atomic E-state index is 0.371. The van der Waals surface area contributed by atoms with Crippen LogP contribution >= 0.6 is 23.5 Å². The highest BCUT2D eigenvalue weighted by molar-refractivity contribution is 7.99. The Morgan fingerprint density at radius 1 is 1.23 bits per heavy atom. The highest BCUT2D eigenvalue weighted by Gasteiger charge is 2.44. The molecule has 0 spiro atoms. The molecule has 0 radical (unpaired) electrons. The molecular formula is C12H16N4O4S2. The molecule has 1 aliphatic heterocycles. The Balaban J connectivity index is 2.08. The maximum Gasteiger partial charge on any atom is 0.190 e. The van der Waals surface area contributed by atoms with Crippen LogP contribution in [0.4, 0.5) is 0 Å². The fourth-order valence-electron chi connectivity index (χ4n) is 2.43. The van der Waals surface area contributed by atoms with Crippen LogP contribution in [0.5, 0.6) is 0 Å². The number of fused-ring (bicyclic) bond motifs is 1. The van der Waals surface area contributed by atoms with Crippen molar-refractivity contribution in [3.63, 3.8) is 0 Å². The van der Waals surface area contributed by atoms with Gasteiger partial charge in [0, 0.05) is 0 Å². The zero-order valence-corrected chi connectivity index (χ0v) is 13.6. The van der Waals surface area contributed by atoms with Crippen molar-refractivity contribution in [2.45, 2.75) is 34.7 Å². The van der Waals surface area contributed by atoms with Crippen molar-refractivity contribution in [2.75, 3.05) is 19.1 Å². The van der Waals surface area contributed by atoms with Crippen LogP contribution in [0.2, 0.25) is 0 Å². The summed E-state index contributed by atoms with van der Waals surface area (Å²) >= 11 is 2.86. The number of ether oxygens (including phenoxy) is 1. The third kappa shape index (κ3) is 2.49. The molecule has 3 rings (SSSR count). The van der Waals surface area contributed by atoms with Gasteiger partial charge in [0.1, 0.15) is 28.9 Å². The lowest BCUT2D eigenvalue weighted by molar-refractivity contribution is -0.0510. The molecule has 0 aromatic carbocycles. The van der Waals surface area contributed by atoms with Gasteiger partial charge in [-0.05, 0) is 12.5 Å². The highest BCUT2D eigenvalue weighted by atomic mass is 32.2. The molecule has 4 unspecified atom stereocenters. The Kier molecular flexibility index (Phi) is 4.57.